The van der Waals surface area contributed by atoms with E-state index in [9.17, 15) is 22.8 Å². The fourth-order valence-corrected chi connectivity index (χ4v) is 3.28. The van der Waals surface area contributed by atoms with Crippen LogP contribution in [0.15, 0.2) is 42.5 Å². The molecule has 0 saturated heterocycles. The number of alkyl halides is 3. The van der Waals surface area contributed by atoms with E-state index in [0.29, 0.717) is 16.6 Å². The maximum absolute atomic E-state index is 13.4. The van der Waals surface area contributed by atoms with Gasteiger partial charge in [0, 0.05) is 28.0 Å². The third-order valence-corrected chi connectivity index (χ3v) is 4.53. The first-order valence-corrected chi connectivity index (χ1v) is 8.43. The summed E-state index contributed by atoms with van der Waals surface area (Å²) in [4.78, 5) is 22.6. The molecule has 0 aliphatic rings. The number of carboxylic acid groups (broad SMARTS) is 1. The number of carbonyl (C=O) groups excluding carboxylic acids is 1. The van der Waals surface area contributed by atoms with Crippen LogP contribution in [0.25, 0.3) is 10.9 Å². The molecule has 0 bridgehead atoms. The van der Waals surface area contributed by atoms with Crippen LogP contribution in [0.2, 0.25) is 5.02 Å². The van der Waals surface area contributed by atoms with Crippen molar-refractivity contribution in [2.24, 2.45) is 5.73 Å². The molecule has 28 heavy (non-hydrogen) atoms. The first kappa shape index (κ1) is 19.8. The quantitative estimate of drug-likeness (QED) is 0.664. The van der Waals surface area contributed by atoms with E-state index in [-0.39, 0.29) is 29.1 Å². The van der Waals surface area contributed by atoms with Crippen LogP contribution in [0, 0.1) is 0 Å². The highest BCUT2D eigenvalue weighted by atomic mass is 35.5. The molecule has 1 aromatic heterocycles. The molecule has 0 aliphatic carbocycles. The SMILES string of the molecule is NC(=O)Cn1c(Cc2ccc(Cl)cc2C(F)(F)F)cc2cc(C(=O)O)ccc21. The average molecular weight is 411 g/mol. The van der Waals surface area contributed by atoms with Gasteiger partial charge in [-0.15, -0.1) is 0 Å². The lowest BCUT2D eigenvalue weighted by atomic mass is 10.0. The molecule has 0 radical (unpaired) electrons. The molecule has 146 valence electrons. The predicted molar refractivity (Wildman–Crippen MR) is 97.4 cm³/mol. The van der Waals surface area contributed by atoms with Crippen molar-refractivity contribution in [1.29, 1.82) is 0 Å². The molecule has 1 amide bonds. The number of carboxylic acids is 1. The maximum atomic E-state index is 13.4. The van der Waals surface area contributed by atoms with Crippen molar-refractivity contribution in [2.45, 2.75) is 19.1 Å². The fraction of sp³-hybridized carbons (Fsp3) is 0.158. The number of carbonyl (C=O) groups is 2. The van der Waals surface area contributed by atoms with Gasteiger partial charge in [0.15, 0.2) is 0 Å². The average Bonchev–Trinajstić information content (AvgIpc) is 2.91. The van der Waals surface area contributed by atoms with Crippen LogP contribution in [0.1, 0.15) is 27.2 Å². The zero-order valence-electron chi connectivity index (χ0n) is 14.3. The third kappa shape index (κ3) is 3.96. The van der Waals surface area contributed by atoms with E-state index in [0.717, 1.165) is 6.07 Å². The standard InChI is InChI=1S/C19H14ClF3N2O3/c20-13-3-1-10(15(8-13)19(21,22)23)6-14-7-12-5-11(18(27)28)2-4-16(12)25(14)9-17(24)26/h1-5,7-8H,6,9H2,(H2,24,26)(H,27,28). The summed E-state index contributed by atoms with van der Waals surface area (Å²) in [7, 11) is 0. The first-order valence-electron chi connectivity index (χ1n) is 8.05. The van der Waals surface area contributed by atoms with Gasteiger partial charge in [-0.1, -0.05) is 17.7 Å². The van der Waals surface area contributed by atoms with Gasteiger partial charge in [-0.3, -0.25) is 4.79 Å². The minimum Gasteiger partial charge on any atom is -0.478 e. The molecule has 0 fully saturated rings. The molecule has 9 heteroatoms. The zero-order chi connectivity index (χ0) is 20.6. The maximum Gasteiger partial charge on any atom is 0.416 e. The van der Waals surface area contributed by atoms with E-state index in [1.54, 1.807) is 6.07 Å². The normalized spacial score (nSPS) is 11.7. The number of hydrogen-bond acceptors (Lipinski definition) is 2. The summed E-state index contributed by atoms with van der Waals surface area (Å²) in [6, 6.07) is 9.29. The lowest BCUT2D eigenvalue weighted by Crippen LogP contribution is -2.20. The van der Waals surface area contributed by atoms with Gasteiger partial charge in [-0.2, -0.15) is 13.2 Å². The minimum atomic E-state index is -4.60. The Labute approximate surface area is 162 Å². The molecular weight excluding hydrogens is 397 g/mol. The van der Waals surface area contributed by atoms with Gasteiger partial charge in [0.2, 0.25) is 5.91 Å². The van der Waals surface area contributed by atoms with Crippen LogP contribution in [-0.2, 0) is 23.9 Å². The van der Waals surface area contributed by atoms with E-state index in [4.69, 9.17) is 22.4 Å². The summed E-state index contributed by atoms with van der Waals surface area (Å²) in [5.74, 6) is -1.81. The number of halogens is 4. The third-order valence-electron chi connectivity index (χ3n) is 4.30. The van der Waals surface area contributed by atoms with Crippen molar-refractivity contribution < 1.29 is 27.9 Å². The summed E-state index contributed by atoms with van der Waals surface area (Å²) in [6.07, 6.45) is -4.74. The molecule has 0 aliphatic heterocycles. The summed E-state index contributed by atoms with van der Waals surface area (Å²) in [5, 5.41) is 9.58. The number of benzene rings is 2. The van der Waals surface area contributed by atoms with Crippen LogP contribution < -0.4 is 5.73 Å². The second-order valence-corrected chi connectivity index (χ2v) is 6.68. The predicted octanol–water partition coefficient (Wildman–Crippen LogP) is 4.09. The molecule has 3 rings (SSSR count). The molecule has 1 heterocycles. The monoisotopic (exact) mass is 410 g/mol. The molecule has 0 unspecified atom stereocenters. The summed E-state index contributed by atoms with van der Waals surface area (Å²) in [5.41, 5.74) is 5.31. The van der Waals surface area contributed by atoms with Gasteiger partial charge in [0.1, 0.15) is 6.54 Å². The molecule has 3 N–H and O–H groups in total. The van der Waals surface area contributed by atoms with Crippen molar-refractivity contribution in [3.05, 3.63) is 69.9 Å². The highest BCUT2D eigenvalue weighted by Gasteiger charge is 2.33. The number of aromatic nitrogens is 1. The minimum absolute atomic E-state index is 0.0242. The van der Waals surface area contributed by atoms with E-state index in [1.807, 2.05) is 0 Å². The van der Waals surface area contributed by atoms with Crippen LogP contribution >= 0.6 is 11.6 Å². The number of nitrogens with two attached hydrogens (primary N) is 1. The number of nitrogens with zero attached hydrogens (tertiary/aromatic N) is 1. The van der Waals surface area contributed by atoms with Crippen molar-refractivity contribution in [2.75, 3.05) is 0 Å². The molecule has 0 atom stereocenters. The van der Waals surface area contributed by atoms with Crippen molar-refractivity contribution >= 4 is 34.4 Å². The second-order valence-electron chi connectivity index (χ2n) is 6.24. The Morgan fingerprint density at radius 1 is 1.11 bits per heavy atom. The van der Waals surface area contributed by atoms with E-state index in [2.05, 4.69) is 0 Å². The molecule has 3 aromatic rings. The summed E-state index contributed by atoms with van der Waals surface area (Å²) in [6.45, 7) is -0.250. The Hall–Kier alpha value is -3.00. The topological polar surface area (TPSA) is 85.3 Å². The first-order chi connectivity index (χ1) is 13.1. The Morgan fingerprint density at radius 3 is 2.43 bits per heavy atom. The van der Waals surface area contributed by atoms with Gasteiger partial charge in [-0.25, -0.2) is 4.79 Å². The number of primary amides is 1. The number of aromatic carboxylic acids is 1. The number of fused-ring (bicyclic) bond motifs is 1. The molecule has 0 saturated carbocycles. The van der Waals surface area contributed by atoms with Gasteiger partial charge < -0.3 is 15.4 Å². The molecular formula is C19H14ClF3N2O3. The highest BCUT2D eigenvalue weighted by molar-refractivity contribution is 6.30. The van der Waals surface area contributed by atoms with Crippen molar-refractivity contribution in [3.63, 3.8) is 0 Å². The Bertz CT molecular complexity index is 1090. The van der Waals surface area contributed by atoms with Crippen LogP contribution in [0.3, 0.4) is 0 Å². The molecule has 0 spiro atoms. The molecule has 5 nitrogen and oxygen atoms in total. The largest absolute Gasteiger partial charge is 0.478 e. The highest BCUT2D eigenvalue weighted by Crippen LogP contribution is 2.35. The number of amides is 1. The second kappa shape index (κ2) is 7.20. The van der Waals surface area contributed by atoms with Crippen molar-refractivity contribution in [3.8, 4) is 0 Å². The van der Waals surface area contributed by atoms with E-state index in [1.165, 1.54) is 34.9 Å². The van der Waals surface area contributed by atoms with Crippen LogP contribution in [0.5, 0.6) is 0 Å². The lowest BCUT2D eigenvalue weighted by molar-refractivity contribution is -0.138. The Balaban J connectivity index is 2.15. The Kier molecular flexibility index (Phi) is 5.08. The van der Waals surface area contributed by atoms with Crippen LogP contribution in [0.4, 0.5) is 13.2 Å². The number of hydrogen-bond donors (Lipinski definition) is 2. The van der Waals surface area contributed by atoms with Gasteiger partial charge in [0.25, 0.3) is 0 Å². The van der Waals surface area contributed by atoms with Gasteiger partial charge >= 0.3 is 12.1 Å². The van der Waals surface area contributed by atoms with Crippen LogP contribution in [-0.4, -0.2) is 21.6 Å². The van der Waals surface area contributed by atoms with Gasteiger partial charge in [0.05, 0.1) is 11.1 Å². The molecule has 2 aromatic carbocycles. The smallest absolute Gasteiger partial charge is 0.416 e. The lowest BCUT2D eigenvalue weighted by Gasteiger charge is -2.15. The fourth-order valence-electron chi connectivity index (χ4n) is 3.11. The van der Waals surface area contributed by atoms with Crippen molar-refractivity contribution in [1.82, 2.24) is 4.57 Å². The zero-order valence-corrected chi connectivity index (χ0v) is 15.0. The Morgan fingerprint density at radius 2 is 1.82 bits per heavy atom. The van der Waals surface area contributed by atoms with Gasteiger partial charge in [-0.05, 0) is 42.0 Å². The number of rotatable bonds is 5. The van der Waals surface area contributed by atoms with E-state index < -0.39 is 23.6 Å². The summed E-state index contributed by atoms with van der Waals surface area (Å²) < 4.78 is 41.6. The summed E-state index contributed by atoms with van der Waals surface area (Å²) >= 11 is 5.72. The van der Waals surface area contributed by atoms with E-state index >= 15 is 0 Å².